The van der Waals surface area contributed by atoms with Crippen LogP contribution in [0.1, 0.15) is 36.0 Å². The summed E-state index contributed by atoms with van der Waals surface area (Å²) in [6.45, 7) is 4.29. The van der Waals surface area contributed by atoms with Gasteiger partial charge in [0, 0.05) is 5.75 Å². The summed E-state index contributed by atoms with van der Waals surface area (Å²) in [6.07, 6.45) is 2.50. The number of hydrogen-bond donors (Lipinski definition) is 1. The standard InChI is InChI=1S/C15H20O2S/c1-11-4-3-5-12(2)13(11)9-18-10-15(6-7-15)8-14(16)17/h3-5H,6-10H2,1-2H3,(H,16,17). The molecule has 18 heavy (non-hydrogen) atoms. The number of carboxylic acid groups (broad SMARTS) is 1. The van der Waals surface area contributed by atoms with Gasteiger partial charge in [-0.25, -0.2) is 0 Å². The van der Waals surface area contributed by atoms with E-state index in [9.17, 15) is 4.79 Å². The van der Waals surface area contributed by atoms with Crippen molar-refractivity contribution in [2.75, 3.05) is 5.75 Å². The topological polar surface area (TPSA) is 37.3 Å². The summed E-state index contributed by atoms with van der Waals surface area (Å²) in [4.78, 5) is 10.8. The number of aryl methyl sites for hydroxylation is 2. The Morgan fingerprint density at radius 2 is 1.94 bits per heavy atom. The van der Waals surface area contributed by atoms with Crippen molar-refractivity contribution in [1.29, 1.82) is 0 Å². The minimum absolute atomic E-state index is 0.104. The van der Waals surface area contributed by atoms with Crippen molar-refractivity contribution in [3.63, 3.8) is 0 Å². The SMILES string of the molecule is Cc1cccc(C)c1CSCC1(CC(=O)O)CC1. The largest absolute Gasteiger partial charge is 0.481 e. The van der Waals surface area contributed by atoms with Crippen LogP contribution in [0.3, 0.4) is 0 Å². The number of thioether (sulfide) groups is 1. The van der Waals surface area contributed by atoms with E-state index in [2.05, 4.69) is 32.0 Å². The van der Waals surface area contributed by atoms with Crippen molar-refractivity contribution >= 4 is 17.7 Å². The number of aliphatic carboxylic acids is 1. The molecule has 0 aromatic heterocycles. The summed E-state index contributed by atoms with van der Waals surface area (Å²) >= 11 is 1.88. The summed E-state index contributed by atoms with van der Waals surface area (Å²) in [6, 6.07) is 6.38. The second-order valence-electron chi connectivity index (χ2n) is 5.43. The number of benzene rings is 1. The van der Waals surface area contributed by atoms with E-state index in [1.807, 2.05) is 11.8 Å². The lowest BCUT2D eigenvalue weighted by Gasteiger charge is -2.14. The number of carbonyl (C=O) groups is 1. The maximum absolute atomic E-state index is 10.8. The molecule has 0 amide bonds. The summed E-state index contributed by atoms with van der Waals surface area (Å²) < 4.78 is 0. The first kappa shape index (κ1) is 13.5. The van der Waals surface area contributed by atoms with Crippen molar-refractivity contribution in [3.8, 4) is 0 Å². The molecule has 2 nitrogen and oxygen atoms in total. The fourth-order valence-electron chi connectivity index (χ4n) is 2.32. The molecule has 0 saturated heterocycles. The zero-order valence-electron chi connectivity index (χ0n) is 11.0. The minimum atomic E-state index is -0.653. The lowest BCUT2D eigenvalue weighted by molar-refractivity contribution is -0.138. The van der Waals surface area contributed by atoms with Crippen LogP contribution in [-0.2, 0) is 10.5 Å². The highest BCUT2D eigenvalue weighted by Gasteiger charge is 2.44. The average molecular weight is 264 g/mol. The van der Waals surface area contributed by atoms with Crippen LogP contribution < -0.4 is 0 Å². The Labute approximate surface area is 113 Å². The molecule has 0 unspecified atom stereocenters. The second-order valence-corrected chi connectivity index (χ2v) is 6.42. The number of carboxylic acids is 1. The monoisotopic (exact) mass is 264 g/mol. The Bertz CT molecular complexity index is 430. The molecule has 1 aliphatic carbocycles. The zero-order chi connectivity index (χ0) is 13.2. The van der Waals surface area contributed by atoms with Gasteiger partial charge in [-0.05, 0) is 54.5 Å². The molecule has 1 aromatic rings. The van der Waals surface area contributed by atoms with Gasteiger partial charge >= 0.3 is 5.97 Å². The van der Waals surface area contributed by atoms with Gasteiger partial charge in [0.2, 0.25) is 0 Å². The molecule has 0 spiro atoms. The molecule has 1 fully saturated rings. The highest BCUT2D eigenvalue weighted by atomic mass is 32.2. The highest BCUT2D eigenvalue weighted by Crippen LogP contribution is 2.51. The third-order valence-corrected chi connectivity index (χ3v) is 5.09. The first-order valence-electron chi connectivity index (χ1n) is 6.37. The van der Waals surface area contributed by atoms with E-state index in [1.54, 1.807) is 0 Å². The molecular formula is C15H20O2S. The van der Waals surface area contributed by atoms with Gasteiger partial charge in [-0.15, -0.1) is 0 Å². The Balaban J connectivity index is 1.87. The van der Waals surface area contributed by atoms with Crippen molar-refractivity contribution in [1.82, 2.24) is 0 Å². The molecule has 1 aromatic carbocycles. The summed E-state index contributed by atoms with van der Waals surface area (Å²) in [5.41, 5.74) is 4.19. The van der Waals surface area contributed by atoms with Crippen molar-refractivity contribution in [2.24, 2.45) is 5.41 Å². The summed E-state index contributed by atoms with van der Waals surface area (Å²) in [7, 11) is 0. The molecule has 0 bridgehead atoms. The van der Waals surface area contributed by atoms with Crippen molar-refractivity contribution < 1.29 is 9.90 Å². The van der Waals surface area contributed by atoms with E-state index in [4.69, 9.17) is 5.11 Å². The molecule has 2 rings (SSSR count). The van der Waals surface area contributed by atoms with Gasteiger partial charge < -0.3 is 5.11 Å². The van der Waals surface area contributed by atoms with E-state index >= 15 is 0 Å². The predicted octanol–water partition coefficient (Wildman–Crippen LogP) is 3.79. The quantitative estimate of drug-likeness (QED) is 0.849. The molecule has 3 heteroatoms. The van der Waals surface area contributed by atoms with Gasteiger partial charge in [-0.2, -0.15) is 11.8 Å². The van der Waals surface area contributed by atoms with E-state index in [0.29, 0.717) is 6.42 Å². The smallest absolute Gasteiger partial charge is 0.303 e. The van der Waals surface area contributed by atoms with E-state index in [0.717, 1.165) is 24.3 Å². The highest BCUT2D eigenvalue weighted by molar-refractivity contribution is 7.98. The third-order valence-electron chi connectivity index (χ3n) is 3.78. The van der Waals surface area contributed by atoms with Crippen LogP contribution in [0.5, 0.6) is 0 Å². The lowest BCUT2D eigenvalue weighted by Crippen LogP contribution is -2.11. The van der Waals surface area contributed by atoms with Gasteiger partial charge in [0.15, 0.2) is 0 Å². The number of rotatable bonds is 6. The van der Waals surface area contributed by atoms with Crippen LogP contribution in [0.4, 0.5) is 0 Å². The van der Waals surface area contributed by atoms with Gasteiger partial charge in [-0.1, -0.05) is 18.2 Å². The Hall–Kier alpha value is -0.960. The van der Waals surface area contributed by atoms with Crippen LogP contribution in [-0.4, -0.2) is 16.8 Å². The fraction of sp³-hybridized carbons (Fsp3) is 0.533. The molecule has 0 atom stereocenters. The Kier molecular flexibility index (Phi) is 4.00. The molecule has 1 saturated carbocycles. The van der Waals surface area contributed by atoms with Gasteiger partial charge in [0.05, 0.1) is 6.42 Å². The number of hydrogen-bond acceptors (Lipinski definition) is 2. The van der Waals surface area contributed by atoms with Gasteiger partial charge in [-0.3, -0.25) is 4.79 Å². The second kappa shape index (κ2) is 5.35. The van der Waals surface area contributed by atoms with Crippen LogP contribution in [0.15, 0.2) is 18.2 Å². The van der Waals surface area contributed by atoms with E-state index in [1.165, 1.54) is 16.7 Å². The maximum atomic E-state index is 10.8. The minimum Gasteiger partial charge on any atom is -0.481 e. The Morgan fingerprint density at radius 3 is 2.44 bits per heavy atom. The molecular weight excluding hydrogens is 244 g/mol. The van der Waals surface area contributed by atoms with E-state index in [-0.39, 0.29) is 5.41 Å². The molecule has 0 aliphatic heterocycles. The molecule has 1 aliphatic rings. The van der Waals surface area contributed by atoms with Gasteiger partial charge in [0.25, 0.3) is 0 Å². The van der Waals surface area contributed by atoms with Crippen molar-refractivity contribution in [3.05, 3.63) is 34.9 Å². The van der Waals surface area contributed by atoms with Crippen LogP contribution in [0.25, 0.3) is 0 Å². The predicted molar refractivity (Wildman–Crippen MR) is 76.0 cm³/mol. The lowest BCUT2D eigenvalue weighted by atomic mass is 10.1. The zero-order valence-corrected chi connectivity index (χ0v) is 11.8. The molecule has 98 valence electrons. The van der Waals surface area contributed by atoms with Gasteiger partial charge in [0.1, 0.15) is 0 Å². The fourth-order valence-corrected chi connectivity index (χ4v) is 3.90. The van der Waals surface area contributed by atoms with E-state index < -0.39 is 5.97 Å². The molecule has 1 N–H and O–H groups in total. The molecule has 0 heterocycles. The summed E-state index contributed by atoms with van der Waals surface area (Å²) in [5.74, 6) is 1.33. The Morgan fingerprint density at radius 1 is 1.33 bits per heavy atom. The first-order chi connectivity index (χ1) is 8.52. The third kappa shape index (κ3) is 3.29. The van der Waals surface area contributed by atoms with Crippen LogP contribution >= 0.6 is 11.8 Å². The van der Waals surface area contributed by atoms with Crippen LogP contribution in [0.2, 0.25) is 0 Å². The van der Waals surface area contributed by atoms with Crippen LogP contribution in [0, 0.1) is 19.3 Å². The maximum Gasteiger partial charge on any atom is 0.303 e. The average Bonchev–Trinajstić information content (AvgIpc) is 3.02. The molecule has 0 radical (unpaired) electrons. The summed E-state index contributed by atoms with van der Waals surface area (Å²) in [5, 5.41) is 8.88. The normalized spacial score (nSPS) is 16.6. The van der Waals surface area contributed by atoms with Crippen molar-refractivity contribution in [2.45, 2.75) is 38.9 Å². The first-order valence-corrected chi connectivity index (χ1v) is 7.53.